The lowest BCUT2D eigenvalue weighted by atomic mass is 10.4. The normalized spacial score (nSPS) is 15.6. The minimum atomic E-state index is -3.49. The molecule has 0 aromatic carbocycles. The summed E-state index contributed by atoms with van der Waals surface area (Å²) in [6, 6.07) is 3.52. The predicted octanol–water partition coefficient (Wildman–Crippen LogP) is 1.46. The molecular formula is C10H13BrN2O3S2. The standard InChI is InChI=1S/C10H13BrN2O3S2/c11-8-3-4-10(17-8)18(15,16)12-6-5-9(14)13-7-1-2-7/h3-4,7,12H,1-2,5-6H2,(H,13,14). The van der Waals surface area contributed by atoms with Crippen LogP contribution in [0.2, 0.25) is 0 Å². The van der Waals surface area contributed by atoms with Crippen molar-refractivity contribution in [3.63, 3.8) is 0 Å². The predicted molar refractivity (Wildman–Crippen MR) is 73.0 cm³/mol. The van der Waals surface area contributed by atoms with Crippen LogP contribution in [-0.4, -0.2) is 26.9 Å². The third-order valence-electron chi connectivity index (χ3n) is 2.40. The Balaban J connectivity index is 1.79. The van der Waals surface area contributed by atoms with Gasteiger partial charge in [-0.2, -0.15) is 0 Å². The molecular weight excluding hydrogens is 340 g/mol. The van der Waals surface area contributed by atoms with Gasteiger partial charge < -0.3 is 5.32 Å². The second-order valence-electron chi connectivity index (χ2n) is 4.05. The Morgan fingerprint density at radius 1 is 1.44 bits per heavy atom. The Bertz CT molecular complexity index is 537. The van der Waals surface area contributed by atoms with Crippen molar-refractivity contribution in [2.45, 2.75) is 29.5 Å². The van der Waals surface area contributed by atoms with Crippen LogP contribution in [0.1, 0.15) is 19.3 Å². The van der Waals surface area contributed by atoms with Crippen LogP contribution in [0.5, 0.6) is 0 Å². The number of rotatable bonds is 6. The van der Waals surface area contributed by atoms with Crippen LogP contribution < -0.4 is 10.0 Å². The van der Waals surface area contributed by atoms with Crippen molar-refractivity contribution >= 4 is 43.2 Å². The third kappa shape index (κ3) is 4.04. The van der Waals surface area contributed by atoms with Crippen molar-refractivity contribution in [3.8, 4) is 0 Å². The molecule has 18 heavy (non-hydrogen) atoms. The summed E-state index contributed by atoms with van der Waals surface area (Å²) in [7, 11) is -3.49. The second kappa shape index (κ2) is 5.68. The Kier molecular flexibility index (Phi) is 4.41. The molecule has 1 aromatic rings. The minimum Gasteiger partial charge on any atom is -0.353 e. The summed E-state index contributed by atoms with van der Waals surface area (Å²) in [5.41, 5.74) is 0. The zero-order valence-electron chi connectivity index (χ0n) is 9.48. The highest BCUT2D eigenvalue weighted by molar-refractivity contribution is 9.11. The van der Waals surface area contributed by atoms with Crippen molar-refractivity contribution in [2.24, 2.45) is 0 Å². The lowest BCUT2D eigenvalue weighted by Gasteiger charge is -2.05. The molecule has 1 aliphatic rings. The highest BCUT2D eigenvalue weighted by atomic mass is 79.9. The van der Waals surface area contributed by atoms with Gasteiger partial charge in [-0.15, -0.1) is 11.3 Å². The molecule has 0 radical (unpaired) electrons. The molecule has 1 saturated carbocycles. The summed E-state index contributed by atoms with van der Waals surface area (Å²) in [6.45, 7) is 0.121. The topological polar surface area (TPSA) is 75.3 Å². The van der Waals surface area contributed by atoms with Gasteiger partial charge in [-0.05, 0) is 40.9 Å². The van der Waals surface area contributed by atoms with Crippen LogP contribution in [0.15, 0.2) is 20.1 Å². The van der Waals surface area contributed by atoms with E-state index >= 15 is 0 Å². The molecule has 0 saturated heterocycles. The van der Waals surface area contributed by atoms with Gasteiger partial charge in [-0.1, -0.05) is 0 Å². The highest BCUT2D eigenvalue weighted by Crippen LogP contribution is 2.25. The Morgan fingerprint density at radius 2 is 2.17 bits per heavy atom. The SMILES string of the molecule is O=C(CCNS(=O)(=O)c1ccc(Br)s1)NC1CC1. The lowest BCUT2D eigenvalue weighted by molar-refractivity contribution is -0.121. The molecule has 1 fully saturated rings. The Morgan fingerprint density at radius 3 is 2.72 bits per heavy atom. The Hall–Kier alpha value is -0.440. The Labute approximate surface area is 118 Å². The van der Waals surface area contributed by atoms with Crippen LogP contribution in [0.3, 0.4) is 0 Å². The van der Waals surface area contributed by atoms with Crippen LogP contribution in [-0.2, 0) is 14.8 Å². The van der Waals surface area contributed by atoms with E-state index in [1.165, 1.54) is 6.07 Å². The third-order valence-corrected chi connectivity index (χ3v) is 5.98. The first-order valence-corrected chi connectivity index (χ1v) is 8.61. The number of carbonyl (C=O) groups excluding carboxylic acids is 1. The first kappa shape index (κ1) is 14.0. The second-order valence-corrected chi connectivity index (χ2v) is 8.50. The monoisotopic (exact) mass is 352 g/mol. The number of hydrogen-bond acceptors (Lipinski definition) is 4. The van der Waals surface area contributed by atoms with Gasteiger partial charge in [-0.3, -0.25) is 4.79 Å². The molecule has 8 heteroatoms. The van der Waals surface area contributed by atoms with E-state index in [4.69, 9.17) is 0 Å². The maximum atomic E-state index is 11.8. The average Bonchev–Trinajstić information content (AvgIpc) is 2.97. The van der Waals surface area contributed by atoms with E-state index < -0.39 is 10.0 Å². The molecule has 1 amide bonds. The van der Waals surface area contributed by atoms with Gasteiger partial charge in [0.15, 0.2) is 0 Å². The smallest absolute Gasteiger partial charge is 0.250 e. The van der Waals surface area contributed by atoms with Gasteiger partial charge in [0.05, 0.1) is 3.79 Å². The van der Waals surface area contributed by atoms with Gasteiger partial charge in [0, 0.05) is 19.0 Å². The van der Waals surface area contributed by atoms with Gasteiger partial charge in [-0.25, -0.2) is 13.1 Å². The van der Waals surface area contributed by atoms with Gasteiger partial charge >= 0.3 is 0 Å². The van der Waals surface area contributed by atoms with Crippen LogP contribution in [0.25, 0.3) is 0 Å². The van der Waals surface area contributed by atoms with E-state index in [1.807, 2.05) is 0 Å². The summed E-state index contributed by atoms with van der Waals surface area (Å²) >= 11 is 4.35. The van der Waals surface area contributed by atoms with Gasteiger partial charge in [0.2, 0.25) is 15.9 Å². The zero-order valence-corrected chi connectivity index (χ0v) is 12.7. The number of halogens is 1. The quantitative estimate of drug-likeness (QED) is 0.813. The first-order chi connectivity index (χ1) is 8.47. The molecule has 5 nitrogen and oxygen atoms in total. The van der Waals surface area contributed by atoms with E-state index in [0.717, 1.165) is 28.0 Å². The average molecular weight is 353 g/mol. The van der Waals surface area contributed by atoms with Crippen LogP contribution >= 0.6 is 27.3 Å². The van der Waals surface area contributed by atoms with E-state index in [2.05, 4.69) is 26.0 Å². The maximum absolute atomic E-state index is 11.8. The minimum absolute atomic E-state index is 0.104. The summed E-state index contributed by atoms with van der Waals surface area (Å²) in [5, 5.41) is 2.81. The first-order valence-electron chi connectivity index (χ1n) is 5.52. The summed E-state index contributed by atoms with van der Waals surface area (Å²) in [6.07, 6.45) is 2.23. The van der Waals surface area contributed by atoms with Crippen molar-refractivity contribution < 1.29 is 13.2 Å². The van der Waals surface area contributed by atoms with Crippen LogP contribution in [0, 0.1) is 0 Å². The van der Waals surface area contributed by atoms with Gasteiger partial charge in [0.25, 0.3) is 0 Å². The number of amides is 1. The fraction of sp³-hybridized carbons (Fsp3) is 0.500. The lowest BCUT2D eigenvalue weighted by Crippen LogP contribution is -2.31. The number of sulfonamides is 1. The number of nitrogens with one attached hydrogen (secondary N) is 2. The fourth-order valence-electron chi connectivity index (χ4n) is 1.34. The summed E-state index contributed by atoms with van der Waals surface area (Å²) in [5.74, 6) is -0.104. The molecule has 1 heterocycles. The van der Waals surface area contributed by atoms with E-state index in [0.29, 0.717) is 6.04 Å². The molecule has 2 N–H and O–H groups in total. The molecule has 0 bridgehead atoms. The molecule has 1 aromatic heterocycles. The van der Waals surface area contributed by atoms with Crippen molar-refractivity contribution in [2.75, 3.05) is 6.54 Å². The zero-order chi connectivity index (χ0) is 13.2. The maximum Gasteiger partial charge on any atom is 0.250 e. The molecule has 0 atom stereocenters. The van der Waals surface area contributed by atoms with Gasteiger partial charge in [0.1, 0.15) is 4.21 Å². The summed E-state index contributed by atoms with van der Waals surface area (Å²) < 4.78 is 27.0. The van der Waals surface area contributed by atoms with Crippen LogP contribution in [0.4, 0.5) is 0 Å². The molecule has 0 spiro atoms. The van der Waals surface area contributed by atoms with E-state index in [1.54, 1.807) is 6.07 Å². The molecule has 2 rings (SSSR count). The van der Waals surface area contributed by atoms with Crippen molar-refractivity contribution in [1.82, 2.24) is 10.0 Å². The van der Waals surface area contributed by atoms with E-state index in [9.17, 15) is 13.2 Å². The molecule has 100 valence electrons. The number of carbonyl (C=O) groups is 1. The van der Waals surface area contributed by atoms with Crippen molar-refractivity contribution in [3.05, 3.63) is 15.9 Å². The van der Waals surface area contributed by atoms with Crippen molar-refractivity contribution in [1.29, 1.82) is 0 Å². The molecule has 1 aliphatic carbocycles. The largest absolute Gasteiger partial charge is 0.353 e. The molecule has 0 unspecified atom stereocenters. The van der Waals surface area contributed by atoms with E-state index in [-0.39, 0.29) is 23.1 Å². The number of thiophene rings is 1. The highest BCUT2D eigenvalue weighted by Gasteiger charge is 2.23. The summed E-state index contributed by atoms with van der Waals surface area (Å²) in [4.78, 5) is 11.4. The number of hydrogen-bond donors (Lipinski definition) is 2. The fourth-order valence-corrected chi connectivity index (χ4v) is 4.43. The molecule has 0 aliphatic heterocycles.